The summed E-state index contributed by atoms with van der Waals surface area (Å²) in [5.41, 5.74) is 5.17. The minimum absolute atomic E-state index is 0.384. The van der Waals surface area contributed by atoms with Crippen LogP contribution in [0.4, 0.5) is 11.4 Å². The first kappa shape index (κ1) is 19.6. The summed E-state index contributed by atoms with van der Waals surface area (Å²) in [6.45, 7) is 7.35. The Hall–Kier alpha value is -2.12. The fourth-order valence-electron chi connectivity index (χ4n) is 4.13. The van der Waals surface area contributed by atoms with Gasteiger partial charge in [-0.1, -0.05) is 24.3 Å². The first-order valence-electron chi connectivity index (χ1n) is 11.4. The average Bonchev–Trinajstić information content (AvgIpc) is 3.63. The van der Waals surface area contributed by atoms with Crippen LogP contribution in [0.15, 0.2) is 48.5 Å². The standard InChI is InChI=1S/C25H30N2O4/c1-5-20(26(10-22-14-28-22)11-23-15-29-23)6-2-18(1)9-19-3-7-21(8-4-19)27(12-24-16-30-24)13-25-17-31-25/h1-8,22-25H,9-17H2/t22-,23-,24+,25+. The van der Waals surface area contributed by atoms with Gasteiger partial charge in [-0.05, 0) is 41.8 Å². The molecule has 0 saturated carbocycles. The Morgan fingerprint density at radius 1 is 0.516 bits per heavy atom. The zero-order valence-corrected chi connectivity index (χ0v) is 17.8. The van der Waals surface area contributed by atoms with Crippen LogP contribution in [-0.4, -0.2) is 77.0 Å². The number of benzene rings is 2. The summed E-state index contributed by atoms with van der Waals surface area (Å²) in [5, 5.41) is 0. The van der Waals surface area contributed by atoms with Crippen LogP contribution in [0.25, 0.3) is 0 Å². The highest BCUT2D eigenvalue weighted by Gasteiger charge is 2.32. The van der Waals surface area contributed by atoms with E-state index in [1.807, 2.05) is 0 Å². The number of nitrogens with zero attached hydrogens (tertiary/aromatic N) is 2. The van der Waals surface area contributed by atoms with Crippen LogP contribution < -0.4 is 9.80 Å². The van der Waals surface area contributed by atoms with Gasteiger partial charge in [0.25, 0.3) is 0 Å². The molecule has 0 unspecified atom stereocenters. The zero-order chi connectivity index (χ0) is 20.6. The van der Waals surface area contributed by atoms with Crippen molar-refractivity contribution in [2.75, 3.05) is 62.4 Å². The van der Waals surface area contributed by atoms with Gasteiger partial charge in [0.1, 0.15) is 0 Å². The van der Waals surface area contributed by atoms with Gasteiger partial charge in [0.2, 0.25) is 0 Å². The maximum atomic E-state index is 5.44. The minimum atomic E-state index is 0.384. The molecule has 4 atom stereocenters. The Kier molecular flexibility index (Phi) is 5.32. The van der Waals surface area contributed by atoms with Crippen molar-refractivity contribution >= 4 is 11.4 Å². The van der Waals surface area contributed by atoms with Gasteiger partial charge in [-0.15, -0.1) is 0 Å². The second-order valence-electron chi connectivity index (χ2n) is 9.14. The van der Waals surface area contributed by atoms with Crippen molar-refractivity contribution in [3.63, 3.8) is 0 Å². The van der Waals surface area contributed by atoms with Crippen LogP contribution in [-0.2, 0) is 25.4 Å². The maximum Gasteiger partial charge on any atom is 0.0984 e. The molecule has 0 amide bonds. The van der Waals surface area contributed by atoms with E-state index in [-0.39, 0.29) is 0 Å². The van der Waals surface area contributed by atoms with Crippen molar-refractivity contribution in [3.05, 3.63) is 59.7 Å². The van der Waals surface area contributed by atoms with Crippen LogP contribution in [0.2, 0.25) is 0 Å². The quantitative estimate of drug-likeness (QED) is 0.490. The van der Waals surface area contributed by atoms with Gasteiger partial charge in [0, 0.05) is 37.6 Å². The van der Waals surface area contributed by atoms with Gasteiger partial charge >= 0.3 is 0 Å². The molecule has 0 bridgehead atoms. The molecule has 6 nitrogen and oxygen atoms in total. The van der Waals surface area contributed by atoms with Crippen molar-refractivity contribution in [2.24, 2.45) is 0 Å². The summed E-state index contributed by atoms with van der Waals surface area (Å²) in [7, 11) is 0. The molecule has 2 aromatic carbocycles. The number of ether oxygens (including phenoxy) is 4. The van der Waals surface area contributed by atoms with Crippen LogP contribution in [0.1, 0.15) is 11.1 Å². The van der Waals surface area contributed by atoms with Gasteiger partial charge < -0.3 is 28.7 Å². The molecular formula is C25H30N2O4. The Morgan fingerprint density at radius 2 is 0.806 bits per heavy atom. The first-order chi connectivity index (χ1) is 15.3. The van der Waals surface area contributed by atoms with E-state index >= 15 is 0 Å². The summed E-state index contributed by atoms with van der Waals surface area (Å²) >= 11 is 0. The fraction of sp³-hybridized carbons (Fsp3) is 0.520. The third-order valence-electron chi connectivity index (χ3n) is 6.32. The molecular weight excluding hydrogens is 392 g/mol. The van der Waals surface area contributed by atoms with Crippen LogP contribution in [0, 0.1) is 0 Å². The Labute approximate surface area is 183 Å². The maximum absolute atomic E-state index is 5.44. The molecule has 0 aliphatic carbocycles. The van der Waals surface area contributed by atoms with Gasteiger partial charge in [0.15, 0.2) is 0 Å². The summed E-state index contributed by atoms with van der Waals surface area (Å²) in [4.78, 5) is 4.80. The number of hydrogen-bond donors (Lipinski definition) is 0. The SMILES string of the molecule is c1cc(N(C[C@H]2CO2)C[C@H]2CO2)ccc1Cc1ccc(N(C[C@@H]2CO2)C[C@@H]2CO2)cc1. The molecule has 6 rings (SSSR count). The molecule has 2 aromatic rings. The number of epoxide rings is 4. The highest BCUT2D eigenvalue weighted by atomic mass is 16.6. The summed E-state index contributed by atoms with van der Waals surface area (Å²) in [5.74, 6) is 0. The van der Waals surface area contributed by atoms with E-state index in [1.165, 1.54) is 22.5 Å². The molecule has 0 radical (unpaired) electrons. The van der Waals surface area contributed by atoms with Crippen LogP contribution >= 0.6 is 0 Å². The van der Waals surface area contributed by atoms with E-state index in [0.29, 0.717) is 24.4 Å². The fourth-order valence-corrected chi connectivity index (χ4v) is 4.13. The lowest BCUT2D eigenvalue weighted by Crippen LogP contribution is -2.31. The molecule has 164 valence electrons. The highest BCUT2D eigenvalue weighted by molar-refractivity contribution is 5.51. The third kappa shape index (κ3) is 5.57. The molecule has 4 heterocycles. The summed E-state index contributed by atoms with van der Waals surface area (Å²) in [6.07, 6.45) is 2.48. The van der Waals surface area contributed by atoms with Crippen molar-refractivity contribution in [2.45, 2.75) is 30.8 Å². The van der Waals surface area contributed by atoms with Gasteiger partial charge in [0.05, 0.1) is 50.8 Å². The molecule has 4 fully saturated rings. The predicted octanol–water partition coefficient (Wildman–Crippen LogP) is 2.49. The smallest absolute Gasteiger partial charge is 0.0984 e. The molecule has 6 heteroatoms. The Morgan fingerprint density at radius 3 is 1.06 bits per heavy atom. The number of anilines is 2. The minimum Gasteiger partial charge on any atom is -0.371 e. The van der Waals surface area contributed by atoms with Crippen molar-refractivity contribution in [1.82, 2.24) is 0 Å². The summed E-state index contributed by atoms with van der Waals surface area (Å²) < 4.78 is 21.8. The van der Waals surface area contributed by atoms with E-state index in [4.69, 9.17) is 18.9 Å². The largest absolute Gasteiger partial charge is 0.371 e. The van der Waals surface area contributed by atoms with E-state index in [0.717, 1.165) is 59.0 Å². The molecule has 0 aromatic heterocycles. The predicted molar refractivity (Wildman–Crippen MR) is 119 cm³/mol. The molecule has 4 aliphatic heterocycles. The third-order valence-corrected chi connectivity index (χ3v) is 6.32. The average molecular weight is 423 g/mol. The van der Waals surface area contributed by atoms with Gasteiger partial charge in [-0.2, -0.15) is 0 Å². The normalized spacial score (nSPS) is 27.6. The Bertz CT molecular complexity index is 770. The molecule has 0 N–H and O–H groups in total. The van der Waals surface area contributed by atoms with E-state index in [1.54, 1.807) is 0 Å². The van der Waals surface area contributed by atoms with E-state index in [9.17, 15) is 0 Å². The lowest BCUT2D eigenvalue weighted by molar-refractivity contribution is 0.388. The van der Waals surface area contributed by atoms with Crippen molar-refractivity contribution in [1.29, 1.82) is 0 Å². The number of hydrogen-bond acceptors (Lipinski definition) is 6. The summed E-state index contributed by atoms with van der Waals surface area (Å²) in [6, 6.07) is 17.9. The van der Waals surface area contributed by atoms with Crippen molar-refractivity contribution < 1.29 is 18.9 Å². The second-order valence-corrected chi connectivity index (χ2v) is 9.14. The van der Waals surface area contributed by atoms with E-state index in [2.05, 4.69) is 58.3 Å². The van der Waals surface area contributed by atoms with Crippen LogP contribution in [0.5, 0.6) is 0 Å². The molecule has 31 heavy (non-hydrogen) atoms. The Balaban J connectivity index is 1.08. The molecule has 4 saturated heterocycles. The second kappa shape index (κ2) is 8.43. The van der Waals surface area contributed by atoms with E-state index < -0.39 is 0 Å². The molecule has 0 spiro atoms. The monoisotopic (exact) mass is 422 g/mol. The lowest BCUT2D eigenvalue weighted by atomic mass is 10.0. The first-order valence-corrected chi connectivity index (χ1v) is 11.4. The van der Waals surface area contributed by atoms with Gasteiger partial charge in [-0.25, -0.2) is 0 Å². The lowest BCUT2D eigenvalue weighted by Gasteiger charge is -2.24. The topological polar surface area (TPSA) is 56.6 Å². The number of rotatable bonds is 12. The van der Waals surface area contributed by atoms with Crippen molar-refractivity contribution in [3.8, 4) is 0 Å². The molecule has 4 aliphatic rings. The van der Waals surface area contributed by atoms with Crippen LogP contribution in [0.3, 0.4) is 0 Å². The zero-order valence-electron chi connectivity index (χ0n) is 17.8. The highest BCUT2D eigenvalue weighted by Crippen LogP contribution is 2.25. The van der Waals surface area contributed by atoms with Gasteiger partial charge in [-0.3, -0.25) is 0 Å².